The van der Waals surface area contributed by atoms with Gasteiger partial charge in [0.05, 0.1) is 17.7 Å². The third kappa shape index (κ3) is 4.35. The van der Waals surface area contributed by atoms with Crippen molar-refractivity contribution >= 4 is 11.8 Å². The Morgan fingerprint density at radius 1 is 1.09 bits per heavy atom. The third-order valence-electron chi connectivity index (χ3n) is 5.68. The minimum absolute atomic E-state index is 0.0312. The standard InChI is InChI=1S/C26H27N3O3/c1-17(2)32-21-12-10-18-11-13-23(22(18)15-21)29(26(31)20-9-6-14-28-16-20)24(25(27)30)19-7-4-3-5-8-19/h3-10,12,14-17,23-24H,11,13H2,1-2H3,(H2,27,30)/t23-,24-/m1/s1. The fraction of sp³-hybridized carbons (Fsp3) is 0.269. The number of aryl methyl sites for hydroxylation is 1. The zero-order valence-electron chi connectivity index (χ0n) is 18.3. The first-order valence-corrected chi connectivity index (χ1v) is 10.8. The molecule has 2 amide bonds. The Balaban J connectivity index is 1.83. The molecule has 3 aromatic rings. The molecule has 6 heteroatoms. The van der Waals surface area contributed by atoms with Gasteiger partial charge in [-0.3, -0.25) is 14.6 Å². The number of nitrogens with two attached hydrogens (primary N) is 1. The van der Waals surface area contributed by atoms with Crippen LogP contribution < -0.4 is 10.5 Å². The normalized spacial score (nSPS) is 15.8. The highest BCUT2D eigenvalue weighted by Gasteiger charge is 2.39. The molecule has 6 nitrogen and oxygen atoms in total. The fourth-order valence-electron chi connectivity index (χ4n) is 4.37. The minimum Gasteiger partial charge on any atom is -0.491 e. The lowest BCUT2D eigenvalue weighted by molar-refractivity contribution is -0.123. The number of nitrogens with zero attached hydrogens (tertiary/aromatic N) is 2. The highest BCUT2D eigenvalue weighted by molar-refractivity contribution is 5.97. The van der Waals surface area contributed by atoms with Crippen molar-refractivity contribution in [1.29, 1.82) is 0 Å². The molecule has 164 valence electrons. The molecular formula is C26H27N3O3. The topological polar surface area (TPSA) is 85.5 Å². The van der Waals surface area contributed by atoms with Crippen LogP contribution in [0.5, 0.6) is 5.75 Å². The molecule has 4 rings (SSSR count). The smallest absolute Gasteiger partial charge is 0.256 e. The van der Waals surface area contributed by atoms with Crippen molar-refractivity contribution in [2.24, 2.45) is 5.73 Å². The third-order valence-corrected chi connectivity index (χ3v) is 5.68. The van der Waals surface area contributed by atoms with Gasteiger partial charge in [-0.25, -0.2) is 0 Å². The van der Waals surface area contributed by atoms with Crippen molar-refractivity contribution in [1.82, 2.24) is 9.88 Å². The van der Waals surface area contributed by atoms with Crippen molar-refractivity contribution in [3.05, 3.63) is 95.3 Å². The molecule has 1 aromatic heterocycles. The molecule has 0 spiro atoms. The summed E-state index contributed by atoms with van der Waals surface area (Å²) in [6.45, 7) is 3.95. The van der Waals surface area contributed by atoms with Gasteiger partial charge >= 0.3 is 0 Å². The van der Waals surface area contributed by atoms with E-state index in [-0.39, 0.29) is 18.1 Å². The van der Waals surface area contributed by atoms with Crippen molar-refractivity contribution in [2.75, 3.05) is 0 Å². The number of rotatable bonds is 7. The average molecular weight is 430 g/mol. The summed E-state index contributed by atoms with van der Waals surface area (Å²) in [6, 6.07) is 17.4. The maximum absolute atomic E-state index is 13.8. The molecule has 1 aliphatic rings. The van der Waals surface area contributed by atoms with Crippen LogP contribution in [-0.2, 0) is 11.2 Å². The number of amides is 2. The van der Waals surface area contributed by atoms with E-state index in [9.17, 15) is 9.59 Å². The number of ether oxygens (including phenoxy) is 1. The maximum Gasteiger partial charge on any atom is 0.256 e. The molecule has 32 heavy (non-hydrogen) atoms. The molecule has 2 atom stereocenters. The second kappa shape index (κ2) is 9.22. The van der Waals surface area contributed by atoms with Crippen LogP contribution >= 0.6 is 0 Å². The molecular weight excluding hydrogens is 402 g/mol. The Morgan fingerprint density at radius 3 is 2.53 bits per heavy atom. The Bertz CT molecular complexity index is 1100. The predicted octanol–water partition coefficient (Wildman–Crippen LogP) is 4.23. The van der Waals surface area contributed by atoms with Crippen molar-refractivity contribution in [3.63, 3.8) is 0 Å². The van der Waals surface area contributed by atoms with Crippen molar-refractivity contribution in [3.8, 4) is 5.75 Å². The first kappa shape index (κ1) is 21.6. The van der Waals surface area contributed by atoms with E-state index in [1.807, 2.05) is 62.4 Å². The molecule has 0 radical (unpaired) electrons. The molecule has 0 saturated carbocycles. The first-order valence-electron chi connectivity index (χ1n) is 10.8. The molecule has 0 fully saturated rings. The van der Waals surface area contributed by atoms with E-state index < -0.39 is 11.9 Å². The van der Waals surface area contributed by atoms with E-state index in [0.29, 0.717) is 17.5 Å². The minimum atomic E-state index is -0.908. The van der Waals surface area contributed by atoms with E-state index >= 15 is 0 Å². The zero-order chi connectivity index (χ0) is 22.7. The lowest BCUT2D eigenvalue weighted by Gasteiger charge is -2.36. The Morgan fingerprint density at radius 2 is 1.88 bits per heavy atom. The summed E-state index contributed by atoms with van der Waals surface area (Å²) in [4.78, 5) is 32.2. The number of pyridine rings is 1. The lowest BCUT2D eigenvalue weighted by atomic mass is 9.98. The largest absolute Gasteiger partial charge is 0.491 e. The predicted molar refractivity (Wildman–Crippen MR) is 122 cm³/mol. The highest BCUT2D eigenvalue weighted by atomic mass is 16.5. The molecule has 0 bridgehead atoms. The summed E-state index contributed by atoms with van der Waals surface area (Å²) in [7, 11) is 0. The van der Waals surface area contributed by atoms with Crippen LogP contribution in [0.1, 0.15) is 59.4 Å². The molecule has 0 aliphatic heterocycles. The van der Waals surface area contributed by atoms with Gasteiger partial charge in [-0.15, -0.1) is 0 Å². The molecule has 1 aliphatic carbocycles. The zero-order valence-corrected chi connectivity index (χ0v) is 18.3. The Kier molecular flexibility index (Phi) is 6.21. The molecule has 0 unspecified atom stereocenters. The van der Waals surface area contributed by atoms with Crippen LogP contribution in [0.4, 0.5) is 0 Å². The molecule has 2 aromatic carbocycles. The summed E-state index contributed by atoms with van der Waals surface area (Å²) in [6.07, 6.45) is 4.67. The number of aromatic nitrogens is 1. The van der Waals surface area contributed by atoms with Crippen LogP contribution in [0.15, 0.2) is 73.1 Å². The van der Waals surface area contributed by atoms with E-state index in [1.54, 1.807) is 23.2 Å². The summed E-state index contributed by atoms with van der Waals surface area (Å²) >= 11 is 0. The van der Waals surface area contributed by atoms with Crippen molar-refractivity contribution in [2.45, 2.75) is 44.9 Å². The van der Waals surface area contributed by atoms with Gasteiger partial charge in [-0.1, -0.05) is 36.4 Å². The number of fused-ring (bicyclic) bond motifs is 1. The van der Waals surface area contributed by atoms with E-state index in [2.05, 4.69) is 4.98 Å². The van der Waals surface area contributed by atoms with Crippen LogP contribution in [0.2, 0.25) is 0 Å². The number of benzene rings is 2. The lowest BCUT2D eigenvalue weighted by Crippen LogP contribution is -2.43. The highest BCUT2D eigenvalue weighted by Crippen LogP contribution is 2.42. The average Bonchev–Trinajstić information content (AvgIpc) is 3.20. The van der Waals surface area contributed by atoms with Gasteiger partial charge in [0.15, 0.2) is 0 Å². The van der Waals surface area contributed by atoms with Crippen LogP contribution in [0.3, 0.4) is 0 Å². The second-order valence-electron chi connectivity index (χ2n) is 8.25. The first-order chi connectivity index (χ1) is 15.5. The summed E-state index contributed by atoms with van der Waals surface area (Å²) < 4.78 is 5.90. The van der Waals surface area contributed by atoms with E-state index in [0.717, 1.165) is 23.3 Å². The quantitative estimate of drug-likeness (QED) is 0.609. The summed E-state index contributed by atoms with van der Waals surface area (Å²) in [5.41, 5.74) is 9.12. The van der Waals surface area contributed by atoms with Crippen LogP contribution in [-0.4, -0.2) is 27.8 Å². The van der Waals surface area contributed by atoms with Gasteiger partial charge in [-0.2, -0.15) is 0 Å². The van der Waals surface area contributed by atoms with Gasteiger partial charge in [0.1, 0.15) is 11.8 Å². The van der Waals surface area contributed by atoms with Gasteiger partial charge < -0.3 is 15.4 Å². The maximum atomic E-state index is 13.8. The number of primary amides is 1. The van der Waals surface area contributed by atoms with Gasteiger partial charge in [0.25, 0.3) is 5.91 Å². The number of carbonyl (C=O) groups excluding carboxylic acids is 2. The SMILES string of the molecule is CC(C)Oc1ccc2c(c1)[C@H](N(C(=O)c1cccnc1)[C@@H](C(N)=O)c1ccccc1)CC2. The van der Waals surface area contributed by atoms with E-state index in [4.69, 9.17) is 10.5 Å². The fourth-order valence-corrected chi connectivity index (χ4v) is 4.37. The van der Waals surface area contributed by atoms with Crippen LogP contribution in [0, 0.1) is 0 Å². The second-order valence-corrected chi connectivity index (χ2v) is 8.25. The monoisotopic (exact) mass is 429 g/mol. The Hall–Kier alpha value is -3.67. The number of hydrogen-bond donors (Lipinski definition) is 1. The van der Waals surface area contributed by atoms with Crippen molar-refractivity contribution < 1.29 is 14.3 Å². The van der Waals surface area contributed by atoms with Crippen LogP contribution in [0.25, 0.3) is 0 Å². The molecule has 1 heterocycles. The summed E-state index contributed by atoms with van der Waals surface area (Å²) in [5, 5.41) is 0. The summed E-state index contributed by atoms with van der Waals surface area (Å²) in [5.74, 6) is -0.106. The van der Waals surface area contributed by atoms with Gasteiger partial charge in [-0.05, 0) is 67.6 Å². The number of hydrogen-bond acceptors (Lipinski definition) is 4. The number of carbonyl (C=O) groups is 2. The molecule has 2 N–H and O–H groups in total. The van der Waals surface area contributed by atoms with Gasteiger partial charge in [0.2, 0.25) is 5.91 Å². The van der Waals surface area contributed by atoms with E-state index in [1.165, 1.54) is 6.20 Å². The molecule has 0 saturated heterocycles. The van der Waals surface area contributed by atoms with Gasteiger partial charge in [0, 0.05) is 12.4 Å². The Labute approximate surface area is 188 Å².